The molecule has 2 heteroatoms. The number of hydrogen-bond acceptors (Lipinski definition) is 1. The van der Waals surface area contributed by atoms with Gasteiger partial charge in [0.05, 0.1) is 5.56 Å². The van der Waals surface area contributed by atoms with Crippen molar-refractivity contribution in [2.45, 2.75) is 12.8 Å². The first-order valence-electron chi connectivity index (χ1n) is 3.61. The Balaban J connectivity index is 2.68. The van der Waals surface area contributed by atoms with Gasteiger partial charge in [0, 0.05) is 6.42 Å². The predicted octanol–water partition coefficient (Wildman–Crippen LogP) is 1.96. The average molecular weight is 147 g/mol. The summed E-state index contributed by atoms with van der Waals surface area (Å²) in [5.41, 5.74) is 1.34. The number of benzene rings is 1. The molecule has 0 unspecified atom stereocenters. The van der Waals surface area contributed by atoms with Crippen molar-refractivity contribution < 1.29 is 9.90 Å². The zero-order valence-electron chi connectivity index (χ0n) is 5.96. The summed E-state index contributed by atoms with van der Waals surface area (Å²) in [4.78, 5) is 11.1. The third-order valence-electron chi connectivity index (χ3n) is 2.01. The van der Waals surface area contributed by atoms with Gasteiger partial charge >= 0.3 is 0 Å². The smallest absolute Gasteiger partial charge is 0.189 e. The Morgan fingerprint density at radius 2 is 2.00 bits per heavy atom. The molecule has 0 saturated carbocycles. The number of Topliss-reactive ketones (excluding diaryl/α,β-unsaturated/α-hetero) is 1. The molecule has 0 heterocycles. The van der Waals surface area contributed by atoms with Crippen LogP contribution in [0.25, 0.3) is 0 Å². The Morgan fingerprint density at radius 1 is 1.18 bits per heavy atom. The van der Waals surface area contributed by atoms with Crippen molar-refractivity contribution in [2.24, 2.45) is 0 Å². The highest BCUT2D eigenvalue weighted by Gasteiger charge is 2.22. The standard InChI is InChI=1S/C9H7O2/c10-7-3-1-2-6-4-5-8(11)9(6)7/h1-3H,4-5H2. The number of hydrogen-bond donors (Lipinski definition) is 0. The van der Waals surface area contributed by atoms with Crippen LogP contribution in [0.5, 0.6) is 5.75 Å². The average Bonchev–Trinajstić information content (AvgIpc) is 2.34. The Labute approximate surface area is 64.5 Å². The van der Waals surface area contributed by atoms with Crippen LogP contribution in [-0.2, 0) is 11.5 Å². The van der Waals surface area contributed by atoms with Gasteiger partial charge in [-0.3, -0.25) is 9.90 Å². The second-order valence-electron chi connectivity index (χ2n) is 2.71. The van der Waals surface area contributed by atoms with Crippen LogP contribution in [0.2, 0.25) is 0 Å². The molecule has 2 nitrogen and oxygen atoms in total. The topological polar surface area (TPSA) is 37.0 Å². The molecule has 1 aromatic rings. The molecule has 1 aliphatic carbocycles. The minimum absolute atomic E-state index is 0.00519. The fourth-order valence-corrected chi connectivity index (χ4v) is 1.47. The Kier molecular flexibility index (Phi) is 1.22. The summed E-state index contributed by atoms with van der Waals surface area (Å²) < 4.78 is 0. The maximum absolute atomic E-state index is 11.1. The van der Waals surface area contributed by atoms with Crippen molar-refractivity contribution in [3.8, 4) is 5.75 Å². The van der Waals surface area contributed by atoms with Gasteiger partial charge in [0.25, 0.3) is 0 Å². The molecule has 2 rings (SSSR count). The number of carbonyl (C=O) groups excluding carboxylic acids is 1. The minimum Gasteiger partial charge on any atom is -0.294 e. The van der Waals surface area contributed by atoms with Crippen LogP contribution >= 0.6 is 0 Å². The van der Waals surface area contributed by atoms with Crippen LogP contribution in [0.15, 0.2) is 18.2 Å². The Bertz CT molecular complexity index is 315. The second kappa shape index (κ2) is 2.09. The van der Waals surface area contributed by atoms with Gasteiger partial charge in [-0.25, -0.2) is 0 Å². The van der Waals surface area contributed by atoms with Crippen molar-refractivity contribution in [1.29, 1.82) is 0 Å². The van der Waals surface area contributed by atoms with E-state index in [0.29, 0.717) is 12.0 Å². The van der Waals surface area contributed by atoms with Crippen molar-refractivity contribution in [3.05, 3.63) is 29.3 Å². The van der Waals surface area contributed by atoms with E-state index in [1.165, 1.54) is 6.07 Å². The van der Waals surface area contributed by atoms with Crippen LogP contribution in [0.1, 0.15) is 22.3 Å². The highest BCUT2D eigenvalue weighted by Crippen LogP contribution is 2.29. The fourth-order valence-electron chi connectivity index (χ4n) is 1.47. The zero-order chi connectivity index (χ0) is 7.84. The molecule has 0 aliphatic heterocycles. The van der Waals surface area contributed by atoms with Gasteiger partial charge in [-0.15, -0.1) is 0 Å². The normalized spacial score (nSPS) is 15.1. The largest absolute Gasteiger partial charge is 0.294 e. The fraction of sp³-hybridized carbons (Fsp3) is 0.222. The van der Waals surface area contributed by atoms with Gasteiger partial charge in [-0.05, 0) is 18.1 Å². The van der Waals surface area contributed by atoms with Crippen molar-refractivity contribution in [2.75, 3.05) is 0 Å². The SMILES string of the molecule is [O]c1cccc2c1C(=O)CC2. The number of aryl methyl sites for hydroxylation is 1. The quantitative estimate of drug-likeness (QED) is 0.552. The van der Waals surface area contributed by atoms with Crippen molar-refractivity contribution >= 4 is 5.78 Å². The number of rotatable bonds is 0. The van der Waals surface area contributed by atoms with Crippen LogP contribution in [0.4, 0.5) is 0 Å². The van der Waals surface area contributed by atoms with Gasteiger partial charge in [0.15, 0.2) is 11.5 Å². The summed E-state index contributed by atoms with van der Waals surface area (Å²) in [6.45, 7) is 0. The first-order valence-corrected chi connectivity index (χ1v) is 3.61. The molecular formula is C9H7O2. The van der Waals surface area contributed by atoms with Crippen LogP contribution in [-0.4, -0.2) is 5.78 Å². The summed E-state index contributed by atoms with van der Waals surface area (Å²) in [7, 11) is 0. The zero-order valence-corrected chi connectivity index (χ0v) is 5.96. The third-order valence-corrected chi connectivity index (χ3v) is 2.01. The molecule has 55 valence electrons. The summed E-state index contributed by atoms with van der Waals surface area (Å²) in [6, 6.07) is 5.00. The molecule has 0 fully saturated rings. The van der Waals surface area contributed by atoms with Crippen molar-refractivity contribution in [3.63, 3.8) is 0 Å². The van der Waals surface area contributed by atoms with E-state index in [0.717, 1.165) is 12.0 Å². The van der Waals surface area contributed by atoms with Gasteiger partial charge in [-0.2, -0.15) is 0 Å². The van der Waals surface area contributed by atoms with E-state index in [-0.39, 0.29) is 11.5 Å². The van der Waals surface area contributed by atoms with E-state index in [9.17, 15) is 9.90 Å². The van der Waals surface area contributed by atoms with Gasteiger partial charge in [0.2, 0.25) is 0 Å². The molecular weight excluding hydrogens is 140 g/mol. The summed E-state index contributed by atoms with van der Waals surface area (Å²) >= 11 is 0. The number of carbonyl (C=O) groups is 1. The van der Waals surface area contributed by atoms with E-state index >= 15 is 0 Å². The third kappa shape index (κ3) is 0.827. The highest BCUT2D eigenvalue weighted by molar-refractivity contribution is 6.02. The maximum atomic E-state index is 11.1. The minimum atomic E-state index is -0.120. The monoisotopic (exact) mass is 147 g/mol. The molecule has 0 N–H and O–H groups in total. The molecule has 1 aliphatic rings. The lowest BCUT2D eigenvalue weighted by Gasteiger charge is -1.95. The first-order chi connectivity index (χ1) is 5.29. The van der Waals surface area contributed by atoms with Crippen LogP contribution in [0.3, 0.4) is 0 Å². The molecule has 0 aromatic heterocycles. The lowest BCUT2D eigenvalue weighted by molar-refractivity contribution is 0.0991. The summed E-state index contributed by atoms with van der Waals surface area (Å²) in [5, 5.41) is 11.1. The van der Waals surface area contributed by atoms with E-state index in [2.05, 4.69) is 0 Å². The molecule has 0 atom stereocenters. The molecule has 0 bridgehead atoms. The molecule has 0 spiro atoms. The Hall–Kier alpha value is -1.31. The van der Waals surface area contributed by atoms with Crippen LogP contribution < -0.4 is 0 Å². The maximum Gasteiger partial charge on any atom is 0.189 e. The van der Waals surface area contributed by atoms with Gasteiger partial charge in [0.1, 0.15) is 0 Å². The molecule has 1 radical (unpaired) electrons. The Morgan fingerprint density at radius 3 is 2.73 bits per heavy atom. The first kappa shape index (κ1) is 6.40. The number of ketones is 1. The molecule has 0 saturated heterocycles. The molecule has 0 amide bonds. The molecule has 11 heavy (non-hydrogen) atoms. The van der Waals surface area contributed by atoms with E-state index in [1.54, 1.807) is 6.07 Å². The van der Waals surface area contributed by atoms with Gasteiger partial charge in [-0.1, -0.05) is 12.1 Å². The highest BCUT2D eigenvalue weighted by atomic mass is 16.3. The number of fused-ring (bicyclic) bond motifs is 1. The van der Waals surface area contributed by atoms with Crippen molar-refractivity contribution in [1.82, 2.24) is 0 Å². The van der Waals surface area contributed by atoms with Crippen LogP contribution in [0, 0.1) is 0 Å². The summed E-state index contributed by atoms with van der Waals surface area (Å²) in [5.74, 6) is -0.115. The van der Waals surface area contributed by atoms with E-state index in [1.807, 2.05) is 6.07 Å². The van der Waals surface area contributed by atoms with E-state index < -0.39 is 0 Å². The van der Waals surface area contributed by atoms with Gasteiger partial charge < -0.3 is 0 Å². The lowest BCUT2D eigenvalue weighted by atomic mass is 10.1. The molecule has 1 aromatic carbocycles. The lowest BCUT2D eigenvalue weighted by Crippen LogP contribution is -1.90. The second-order valence-corrected chi connectivity index (χ2v) is 2.71. The van der Waals surface area contributed by atoms with E-state index in [4.69, 9.17) is 0 Å². The predicted molar refractivity (Wildman–Crippen MR) is 39.2 cm³/mol. The summed E-state index contributed by atoms with van der Waals surface area (Å²) in [6.07, 6.45) is 1.25.